The van der Waals surface area contributed by atoms with E-state index in [-0.39, 0.29) is 5.82 Å². The topological polar surface area (TPSA) is 60.9 Å². The molecule has 1 aliphatic heterocycles. The van der Waals surface area contributed by atoms with E-state index in [1.807, 2.05) is 11.0 Å². The fraction of sp³-hybridized carbons (Fsp3) is 0.235. The van der Waals surface area contributed by atoms with Gasteiger partial charge in [-0.2, -0.15) is 5.10 Å². The van der Waals surface area contributed by atoms with Crippen LogP contribution in [0.5, 0.6) is 0 Å². The normalized spacial score (nSPS) is 14.8. The van der Waals surface area contributed by atoms with Crippen LogP contribution in [0.15, 0.2) is 42.7 Å². The lowest BCUT2D eigenvalue weighted by atomic mass is 10.1. The quantitative estimate of drug-likeness (QED) is 0.792. The van der Waals surface area contributed by atoms with Gasteiger partial charge < -0.3 is 9.80 Å². The summed E-state index contributed by atoms with van der Waals surface area (Å²) in [6, 6.07) is 8.45. The molecule has 1 aromatic carbocycles. The number of benzene rings is 1. The minimum Gasteiger partial charge on any atom is -0.352 e. The van der Waals surface area contributed by atoms with Gasteiger partial charge >= 0.3 is 0 Å². The van der Waals surface area contributed by atoms with Crippen molar-refractivity contribution in [2.24, 2.45) is 0 Å². The van der Waals surface area contributed by atoms with E-state index in [9.17, 15) is 8.78 Å². The molecule has 3 heterocycles. The first-order valence-electron chi connectivity index (χ1n) is 7.98. The second kappa shape index (κ2) is 6.46. The molecule has 0 aliphatic carbocycles. The number of aromatic amines is 1. The van der Waals surface area contributed by atoms with Crippen LogP contribution < -0.4 is 9.80 Å². The van der Waals surface area contributed by atoms with Gasteiger partial charge in [-0.05, 0) is 12.1 Å². The third-order valence-corrected chi connectivity index (χ3v) is 4.22. The molecule has 0 unspecified atom stereocenters. The summed E-state index contributed by atoms with van der Waals surface area (Å²) in [7, 11) is 0. The molecule has 6 nitrogen and oxygen atoms in total. The Morgan fingerprint density at radius 1 is 0.920 bits per heavy atom. The van der Waals surface area contributed by atoms with Gasteiger partial charge in [-0.25, -0.2) is 18.7 Å². The second-order valence-corrected chi connectivity index (χ2v) is 5.80. The zero-order valence-electron chi connectivity index (χ0n) is 13.4. The number of anilines is 2. The van der Waals surface area contributed by atoms with Crippen LogP contribution in [0.3, 0.4) is 0 Å². The number of rotatable bonds is 3. The van der Waals surface area contributed by atoms with Crippen LogP contribution in [0, 0.1) is 11.6 Å². The van der Waals surface area contributed by atoms with Gasteiger partial charge in [-0.1, -0.05) is 12.1 Å². The Morgan fingerprint density at radius 2 is 1.60 bits per heavy atom. The molecule has 8 heteroatoms. The van der Waals surface area contributed by atoms with Gasteiger partial charge in [-0.3, -0.25) is 5.10 Å². The van der Waals surface area contributed by atoms with Gasteiger partial charge in [0, 0.05) is 37.8 Å². The van der Waals surface area contributed by atoms with Gasteiger partial charge in [0.2, 0.25) is 5.95 Å². The van der Waals surface area contributed by atoms with Gasteiger partial charge in [0.15, 0.2) is 11.6 Å². The summed E-state index contributed by atoms with van der Waals surface area (Å²) in [4.78, 5) is 12.1. The molecule has 0 spiro atoms. The molecule has 4 rings (SSSR count). The molecule has 0 saturated carbocycles. The second-order valence-electron chi connectivity index (χ2n) is 5.80. The van der Waals surface area contributed by atoms with Crippen molar-refractivity contribution in [1.29, 1.82) is 0 Å². The number of hydrogen-bond acceptors (Lipinski definition) is 5. The first-order chi connectivity index (χ1) is 12.2. The van der Waals surface area contributed by atoms with E-state index >= 15 is 0 Å². The van der Waals surface area contributed by atoms with E-state index in [1.165, 1.54) is 18.5 Å². The van der Waals surface area contributed by atoms with Crippen molar-refractivity contribution in [2.75, 3.05) is 36.0 Å². The summed E-state index contributed by atoms with van der Waals surface area (Å²) in [5.74, 6) is 0.573. The largest absolute Gasteiger partial charge is 0.352 e. The van der Waals surface area contributed by atoms with E-state index in [2.05, 4.69) is 25.1 Å². The van der Waals surface area contributed by atoms with Crippen molar-refractivity contribution < 1.29 is 8.78 Å². The zero-order chi connectivity index (χ0) is 17.2. The molecule has 128 valence electrons. The minimum atomic E-state index is -0.445. The summed E-state index contributed by atoms with van der Waals surface area (Å²) in [6.07, 6.45) is 2.34. The highest BCUT2D eigenvalue weighted by molar-refractivity contribution is 5.64. The first-order valence-corrected chi connectivity index (χ1v) is 7.98. The summed E-state index contributed by atoms with van der Waals surface area (Å²) >= 11 is 0. The number of nitrogens with zero attached hydrogens (tertiary/aromatic N) is 5. The molecule has 0 atom stereocenters. The standard InChI is InChI=1S/C17H16F2N6/c18-12-10-20-17(21-11-12)25-7-5-24(6-8-25)16-9-15(22-23-16)13-3-1-2-4-14(13)19/h1-4,9-11H,5-8H2,(H,22,23). The molecule has 0 amide bonds. The van der Waals surface area contributed by atoms with Crippen molar-refractivity contribution in [2.45, 2.75) is 0 Å². The van der Waals surface area contributed by atoms with Crippen molar-refractivity contribution in [3.8, 4) is 11.3 Å². The highest BCUT2D eigenvalue weighted by Gasteiger charge is 2.21. The fourth-order valence-corrected chi connectivity index (χ4v) is 2.90. The van der Waals surface area contributed by atoms with Gasteiger partial charge in [-0.15, -0.1) is 0 Å². The van der Waals surface area contributed by atoms with Crippen molar-refractivity contribution >= 4 is 11.8 Å². The molecule has 0 bridgehead atoms. The van der Waals surface area contributed by atoms with Crippen LogP contribution in [0.4, 0.5) is 20.5 Å². The predicted octanol–water partition coefficient (Wildman–Crippen LogP) is 2.47. The molecule has 1 saturated heterocycles. The number of hydrogen-bond donors (Lipinski definition) is 1. The van der Waals surface area contributed by atoms with Crippen molar-refractivity contribution in [3.63, 3.8) is 0 Å². The molecular formula is C17H16F2N6. The average Bonchev–Trinajstić information content (AvgIpc) is 3.13. The van der Waals surface area contributed by atoms with Crippen molar-refractivity contribution in [3.05, 3.63) is 54.4 Å². The highest BCUT2D eigenvalue weighted by Crippen LogP contribution is 2.25. The number of piperazine rings is 1. The van der Waals surface area contributed by atoms with Gasteiger partial charge in [0.05, 0.1) is 18.1 Å². The van der Waals surface area contributed by atoms with E-state index in [0.29, 0.717) is 30.3 Å². The highest BCUT2D eigenvalue weighted by atomic mass is 19.1. The van der Waals surface area contributed by atoms with Gasteiger partial charge in [0.25, 0.3) is 0 Å². The van der Waals surface area contributed by atoms with E-state index in [4.69, 9.17) is 0 Å². The average molecular weight is 342 g/mol. The molecule has 2 aromatic heterocycles. The van der Waals surface area contributed by atoms with Crippen LogP contribution in [0.2, 0.25) is 0 Å². The lowest BCUT2D eigenvalue weighted by Gasteiger charge is -2.34. The number of H-pyrrole nitrogens is 1. The predicted molar refractivity (Wildman–Crippen MR) is 90.4 cm³/mol. The lowest BCUT2D eigenvalue weighted by Crippen LogP contribution is -2.47. The molecule has 3 aromatic rings. The molecular weight excluding hydrogens is 326 g/mol. The molecule has 1 aliphatic rings. The third-order valence-electron chi connectivity index (χ3n) is 4.22. The number of halogens is 2. The van der Waals surface area contributed by atoms with Crippen LogP contribution in [-0.2, 0) is 0 Å². The number of nitrogens with one attached hydrogen (secondary N) is 1. The molecule has 25 heavy (non-hydrogen) atoms. The fourth-order valence-electron chi connectivity index (χ4n) is 2.90. The lowest BCUT2D eigenvalue weighted by molar-refractivity contribution is 0.601. The zero-order valence-corrected chi connectivity index (χ0v) is 13.4. The summed E-state index contributed by atoms with van der Waals surface area (Å²) < 4.78 is 26.8. The Labute approximate surface area is 143 Å². The van der Waals surface area contributed by atoms with E-state index in [0.717, 1.165) is 18.9 Å². The summed E-state index contributed by atoms with van der Waals surface area (Å²) in [6.45, 7) is 2.85. The maximum atomic E-state index is 13.9. The monoisotopic (exact) mass is 342 g/mol. The Morgan fingerprint density at radius 3 is 2.32 bits per heavy atom. The summed E-state index contributed by atoms with van der Waals surface area (Å²) in [5.41, 5.74) is 1.15. The Hall–Kier alpha value is -3.03. The van der Waals surface area contributed by atoms with Crippen LogP contribution >= 0.6 is 0 Å². The minimum absolute atomic E-state index is 0.282. The van der Waals surface area contributed by atoms with Gasteiger partial charge in [0.1, 0.15) is 5.82 Å². The van der Waals surface area contributed by atoms with Crippen molar-refractivity contribution in [1.82, 2.24) is 20.2 Å². The third kappa shape index (κ3) is 3.15. The van der Waals surface area contributed by atoms with Crippen LogP contribution in [0.1, 0.15) is 0 Å². The SMILES string of the molecule is Fc1cnc(N2CCN(c3cc(-c4ccccc4F)[nH]n3)CC2)nc1. The Bertz CT molecular complexity index is 856. The Kier molecular flexibility index (Phi) is 4.01. The van der Waals surface area contributed by atoms with Crippen LogP contribution in [-0.4, -0.2) is 46.3 Å². The van der Waals surface area contributed by atoms with Crippen LogP contribution in [0.25, 0.3) is 11.3 Å². The smallest absolute Gasteiger partial charge is 0.225 e. The Balaban J connectivity index is 1.45. The number of aromatic nitrogens is 4. The van der Waals surface area contributed by atoms with E-state index in [1.54, 1.807) is 18.2 Å². The summed E-state index contributed by atoms with van der Waals surface area (Å²) in [5, 5.41) is 7.20. The maximum absolute atomic E-state index is 13.9. The maximum Gasteiger partial charge on any atom is 0.225 e. The molecule has 1 N–H and O–H groups in total. The molecule has 0 radical (unpaired) electrons. The van der Waals surface area contributed by atoms with E-state index < -0.39 is 5.82 Å². The molecule has 1 fully saturated rings. The first kappa shape index (κ1) is 15.5.